The predicted octanol–water partition coefficient (Wildman–Crippen LogP) is 4.70. The Balaban J connectivity index is 1.45. The molecule has 4 aromatic rings. The van der Waals surface area contributed by atoms with E-state index in [0.29, 0.717) is 6.54 Å². The molecule has 0 saturated heterocycles. The van der Waals surface area contributed by atoms with Crippen LogP contribution in [0.3, 0.4) is 0 Å². The van der Waals surface area contributed by atoms with E-state index in [1.54, 1.807) is 0 Å². The van der Waals surface area contributed by atoms with Crippen molar-refractivity contribution in [2.75, 3.05) is 13.1 Å². The molecule has 4 heteroatoms. The number of rotatable bonds is 7. The van der Waals surface area contributed by atoms with Crippen LogP contribution in [-0.2, 0) is 25.9 Å². The Hall–Kier alpha value is -3.37. The minimum Gasteiger partial charge on any atom is -0.357 e. The van der Waals surface area contributed by atoms with E-state index in [4.69, 9.17) is 0 Å². The highest BCUT2D eigenvalue weighted by atomic mass is 16.1. The number of aromatic nitrogens is 1. The lowest BCUT2D eigenvalue weighted by atomic mass is 10.0. The van der Waals surface area contributed by atoms with E-state index in [9.17, 15) is 4.79 Å². The molecule has 0 bridgehead atoms. The molecule has 1 amide bonds. The van der Waals surface area contributed by atoms with Crippen LogP contribution in [0.5, 0.6) is 0 Å². The van der Waals surface area contributed by atoms with Crippen LogP contribution in [-0.4, -0.2) is 28.9 Å². The van der Waals surface area contributed by atoms with Crippen molar-refractivity contribution in [3.63, 3.8) is 0 Å². The number of amides is 1. The molecule has 156 valence electrons. The summed E-state index contributed by atoms with van der Waals surface area (Å²) in [5, 5.41) is 4.13. The average Bonchev–Trinajstić information content (AvgIpc) is 3.05. The van der Waals surface area contributed by atoms with Gasteiger partial charge in [0.05, 0.1) is 0 Å². The summed E-state index contributed by atoms with van der Waals surface area (Å²) >= 11 is 0. The van der Waals surface area contributed by atoms with Gasteiger partial charge in [0, 0.05) is 48.3 Å². The zero-order valence-corrected chi connectivity index (χ0v) is 17.6. The minimum atomic E-state index is 0.0279. The topological polar surface area (TPSA) is 48.1 Å². The second-order valence-corrected chi connectivity index (χ2v) is 8.25. The smallest absolute Gasteiger partial charge is 0.251 e. The molecule has 0 aliphatic carbocycles. The molecule has 0 atom stereocenters. The molecule has 0 unspecified atom stereocenters. The van der Waals surface area contributed by atoms with Crippen molar-refractivity contribution in [1.82, 2.24) is 15.2 Å². The third-order valence-electron chi connectivity index (χ3n) is 6.11. The normalized spacial score (nSPS) is 13.4. The molecule has 0 radical (unpaired) electrons. The first kappa shape index (κ1) is 19.6. The van der Waals surface area contributed by atoms with Crippen LogP contribution in [0.25, 0.3) is 10.9 Å². The van der Waals surface area contributed by atoms with Crippen LogP contribution < -0.4 is 5.32 Å². The molecule has 5 rings (SSSR count). The van der Waals surface area contributed by atoms with Crippen molar-refractivity contribution in [2.24, 2.45) is 0 Å². The van der Waals surface area contributed by atoms with E-state index < -0.39 is 0 Å². The number of aromatic amines is 1. The number of nitrogens with zero attached hydrogens (tertiary/aromatic N) is 1. The number of hydrogen-bond donors (Lipinski definition) is 2. The highest BCUT2D eigenvalue weighted by Gasteiger charge is 2.22. The number of nitrogens with one attached hydrogen (secondary N) is 2. The molecule has 0 saturated carbocycles. The van der Waals surface area contributed by atoms with Gasteiger partial charge in [-0.25, -0.2) is 0 Å². The second-order valence-electron chi connectivity index (χ2n) is 8.25. The predicted molar refractivity (Wildman–Crippen MR) is 125 cm³/mol. The molecule has 31 heavy (non-hydrogen) atoms. The third kappa shape index (κ3) is 4.25. The number of carbonyl (C=O) groups is 1. The molecule has 0 fully saturated rings. The summed E-state index contributed by atoms with van der Waals surface area (Å²) in [6.07, 6.45) is 1.87. The number of carbonyl (C=O) groups excluding carboxylic acids is 1. The molecular formula is C27H27N3O. The van der Waals surface area contributed by atoms with Crippen molar-refractivity contribution < 1.29 is 4.79 Å². The SMILES string of the molecule is O=C1NCCc2c(CN(CCc3ccccc3)Cc3ccccc3)[nH]c3cccc1c23. The standard InChI is InChI=1S/C27H27N3O/c31-27-23-12-7-13-24-26(23)22(14-16-28-27)25(29-24)19-30(18-21-10-5-2-6-11-21)17-15-20-8-3-1-4-9-20/h1-13,29H,14-19H2,(H,28,31). The van der Waals surface area contributed by atoms with Gasteiger partial charge in [-0.2, -0.15) is 0 Å². The fourth-order valence-corrected chi connectivity index (χ4v) is 4.58. The first-order chi connectivity index (χ1) is 15.3. The highest BCUT2D eigenvalue weighted by Crippen LogP contribution is 2.29. The molecule has 2 heterocycles. The molecule has 0 spiro atoms. The monoisotopic (exact) mass is 409 g/mol. The first-order valence-corrected chi connectivity index (χ1v) is 11.0. The Morgan fingerprint density at radius 3 is 2.32 bits per heavy atom. The fraction of sp³-hybridized carbons (Fsp3) is 0.222. The van der Waals surface area contributed by atoms with E-state index >= 15 is 0 Å². The van der Waals surface area contributed by atoms with Gasteiger partial charge in [-0.15, -0.1) is 0 Å². The van der Waals surface area contributed by atoms with Gasteiger partial charge in [0.25, 0.3) is 5.91 Å². The maximum absolute atomic E-state index is 12.5. The van der Waals surface area contributed by atoms with E-state index in [2.05, 4.69) is 81.9 Å². The van der Waals surface area contributed by atoms with Crippen LogP contribution >= 0.6 is 0 Å². The van der Waals surface area contributed by atoms with Gasteiger partial charge in [-0.05, 0) is 41.7 Å². The van der Waals surface area contributed by atoms with Gasteiger partial charge >= 0.3 is 0 Å². The maximum atomic E-state index is 12.5. The fourth-order valence-electron chi connectivity index (χ4n) is 4.58. The summed E-state index contributed by atoms with van der Waals surface area (Å²) in [6, 6.07) is 27.3. The van der Waals surface area contributed by atoms with Crippen LogP contribution in [0.15, 0.2) is 78.9 Å². The Bertz CT molecular complexity index is 1180. The largest absolute Gasteiger partial charge is 0.357 e. The van der Waals surface area contributed by atoms with E-state index in [1.807, 2.05) is 12.1 Å². The van der Waals surface area contributed by atoms with Gasteiger partial charge < -0.3 is 10.3 Å². The summed E-state index contributed by atoms with van der Waals surface area (Å²) in [5.74, 6) is 0.0279. The molecule has 1 aliphatic heterocycles. The van der Waals surface area contributed by atoms with Crippen molar-refractivity contribution in [1.29, 1.82) is 0 Å². The molecule has 1 aromatic heterocycles. The number of H-pyrrole nitrogens is 1. The minimum absolute atomic E-state index is 0.0279. The maximum Gasteiger partial charge on any atom is 0.251 e. The number of benzene rings is 3. The summed E-state index contributed by atoms with van der Waals surface area (Å²) in [4.78, 5) is 18.6. The van der Waals surface area contributed by atoms with Gasteiger partial charge in [0.1, 0.15) is 0 Å². The van der Waals surface area contributed by atoms with Crippen LogP contribution in [0.4, 0.5) is 0 Å². The van der Waals surface area contributed by atoms with Crippen molar-refractivity contribution >= 4 is 16.8 Å². The van der Waals surface area contributed by atoms with Gasteiger partial charge in [-0.1, -0.05) is 66.7 Å². The first-order valence-electron chi connectivity index (χ1n) is 11.0. The van der Waals surface area contributed by atoms with E-state index in [-0.39, 0.29) is 5.91 Å². The lowest BCUT2D eigenvalue weighted by molar-refractivity contribution is 0.0957. The van der Waals surface area contributed by atoms with Crippen molar-refractivity contribution in [3.8, 4) is 0 Å². The van der Waals surface area contributed by atoms with Crippen molar-refractivity contribution in [2.45, 2.75) is 25.9 Å². The molecule has 1 aliphatic rings. The lowest BCUT2D eigenvalue weighted by Gasteiger charge is -2.23. The van der Waals surface area contributed by atoms with Crippen LogP contribution in [0.2, 0.25) is 0 Å². The summed E-state index contributed by atoms with van der Waals surface area (Å²) in [7, 11) is 0. The van der Waals surface area contributed by atoms with Crippen LogP contribution in [0, 0.1) is 0 Å². The highest BCUT2D eigenvalue weighted by molar-refractivity contribution is 6.08. The zero-order valence-electron chi connectivity index (χ0n) is 17.6. The third-order valence-corrected chi connectivity index (χ3v) is 6.11. The Kier molecular flexibility index (Phi) is 5.55. The lowest BCUT2D eigenvalue weighted by Crippen LogP contribution is -2.26. The van der Waals surface area contributed by atoms with Crippen molar-refractivity contribution in [3.05, 3.63) is 107 Å². The second kappa shape index (κ2) is 8.78. The van der Waals surface area contributed by atoms with Gasteiger partial charge in [0.2, 0.25) is 0 Å². The average molecular weight is 410 g/mol. The zero-order chi connectivity index (χ0) is 21.0. The molecule has 2 N–H and O–H groups in total. The Morgan fingerprint density at radius 2 is 1.55 bits per heavy atom. The van der Waals surface area contributed by atoms with E-state index in [1.165, 1.54) is 22.4 Å². The van der Waals surface area contributed by atoms with Gasteiger partial charge in [0.15, 0.2) is 0 Å². The Morgan fingerprint density at radius 1 is 0.806 bits per heavy atom. The summed E-state index contributed by atoms with van der Waals surface area (Å²) < 4.78 is 0. The molecule has 3 aromatic carbocycles. The van der Waals surface area contributed by atoms with E-state index in [0.717, 1.165) is 48.9 Å². The molecule has 4 nitrogen and oxygen atoms in total. The quantitative estimate of drug-likeness (QED) is 0.465. The summed E-state index contributed by atoms with van der Waals surface area (Å²) in [5.41, 5.74) is 7.01. The number of hydrogen-bond acceptors (Lipinski definition) is 2. The van der Waals surface area contributed by atoms with Gasteiger partial charge in [-0.3, -0.25) is 9.69 Å². The summed E-state index contributed by atoms with van der Waals surface area (Å²) in [6.45, 7) is 3.37. The Labute approximate surface area is 182 Å². The molecular weight excluding hydrogens is 382 g/mol. The van der Waals surface area contributed by atoms with Crippen LogP contribution in [0.1, 0.15) is 32.7 Å².